The summed E-state index contributed by atoms with van der Waals surface area (Å²) < 4.78 is 18.6. The van der Waals surface area contributed by atoms with Crippen LogP contribution in [0.15, 0.2) is 24.5 Å². The van der Waals surface area contributed by atoms with Crippen LogP contribution in [0.2, 0.25) is 5.15 Å². The van der Waals surface area contributed by atoms with Gasteiger partial charge in [-0.15, -0.1) is 0 Å². The second kappa shape index (κ2) is 6.45. The highest BCUT2D eigenvalue weighted by atomic mass is 35.5. The monoisotopic (exact) mass is 311 g/mol. The van der Waals surface area contributed by atoms with Gasteiger partial charge in [0.15, 0.2) is 0 Å². The van der Waals surface area contributed by atoms with E-state index in [2.05, 4.69) is 9.97 Å². The van der Waals surface area contributed by atoms with Gasteiger partial charge in [-0.1, -0.05) is 24.9 Å². The molecule has 1 aromatic carbocycles. The first-order valence-electron chi connectivity index (χ1n) is 6.14. The molecule has 21 heavy (non-hydrogen) atoms. The van der Waals surface area contributed by atoms with E-state index < -0.39 is 16.4 Å². The maximum absolute atomic E-state index is 13.1. The van der Waals surface area contributed by atoms with Crippen molar-refractivity contribution in [3.8, 4) is 11.6 Å². The average Bonchev–Trinajstić information content (AvgIpc) is 2.44. The minimum Gasteiger partial charge on any atom is -0.431 e. The van der Waals surface area contributed by atoms with Crippen LogP contribution in [0.4, 0.5) is 10.1 Å². The van der Waals surface area contributed by atoms with Gasteiger partial charge in [-0.05, 0) is 18.6 Å². The first-order valence-corrected chi connectivity index (χ1v) is 6.52. The predicted octanol–water partition coefficient (Wildman–Crippen LogP) is 3.92. The topological polar surface area (TPSA) is 78.2 Å². The normalized spacial score (nSPS) is 10.4. The SMILES string of the molecule is CCCc1c(Cl)ncnc1Oc1ccc(F)cc1[N+](=O)[O-]. The maximum Gasteiger partial charge on any atom is 0.314 e. The molecule has 1 aromatic heterocycles. The van der Waals surface area contributed by atoms with Crippen molar-refractivity contribution in [2.75, 3.05) is 0 Å². The lowest BCUT2D eigenvalue weighted by molar-refractivity contribution is -0.385. The summed E-state index contributed by atoms with van der Waals surface area (Å²) in [6.07, 6.45) is 2.53. The third-order valence-electron chi connectivity index (χ3n) is 2.68. The standard InChI is InChI=1S/C13H11ClFN3O3/c1-2-3-9-12(14)16-7-17-13(9)21-11-5-4-8(15)6-10(11)18(19)20/h4-7H,2-3H2,1H3. The molecular formula is C13H11ClFN3O3. The van der Waals surface area contributed by atoms with Gasteiger partial charge in [-0.3, -0.25) is 10.1 Å². The van der Waals surface area contributed by atoms with Gasteiger partial charge in [0.2, 0.25) is 11.6 Å². The fraction of sp³-hybridized carbons (Fsp3) is 0.231. The van der Waals surface area contributed by atoms with Crippen molar-refractivity contribution in [2.24, 2.45) is 0 Å². The van der Waals surface area contributed by atoms with Crippen LogP contribution in [0.5, 0.6) is 11.6 Å². The van der Waals surface area contributed by atoms with Gasteiger partial charge in [0, 0.05) is 0 Å². The van der Waals surface area contributed by atoms with E-state index in [1.54, 1.807) is 0 Å². The fourth-order valence-corrected chi connectivity index (χ4v) is 1.97. The van der Waals surface area contributed by atoms with Crippen molar-refractivity contribution in [1.82, 2.24) is 9.97 Å². The Bertz CT molecular complexity index is 682. The van der Waals surface area contributed by atoms with E-state index in [0.717, 1.165) is 18.6 Å². The number of hydrogen-bond acceptors (Lipinski definition) is 5. The molecule has 110 valence electrons. The summed E-state index contributed by atoms with van der Waals surface area (Å²) in [5, 5.41) is 11.2. The van der Waals surface area contributed by atoms with Gasteiger partial charge in [-0.2, -0.15) is 0 Å². The van der Waals surface area contributed by atoms with E-state index in [1.807, 2.05) is 6.92 Å². The lowest BCUT2D eigenvalue weighted by Crippen LogP contribution is -2.00. The minimum absolute atomic E-state index is 0.103. The molecular weight excluding hydrogens is 301 g/mol. The molecule has 0 amide bonds. The summed E-state index contributed by atoms with van der Waals surface area (Å²) in [5.41, 5.74) is 0.0764. The second-order valence-electron chi connectivity index (χ2n) is 4.17. The maximum atomic E-state index is 13.1. The Kier molecular flexibility index (Phi) is 4.64. The van der Waals surface area contributed by atoms with Crippen LogP contribution in [-0.2, 0) is 6.42 Å². The van der Waals surface area contributed by atoms with Crippen molar-refractivity contribution in [2.45, 2.75) is 19.8 Å². The Morgan fingerprint density at radius 2 is 2.19 bits per heavy atom. The predicted molar refractivity (Wildman–Crippen MR) is 74.2 cm³/mol. The van der Waals surface area contributed by atoms with Crippen LogP contribution < -0.4 is 4.74 Å². The van der Waals surface area contributed by atoms with Gasteiger partial charge < -0.3 is 4.74 Å². The molecule has 0 aliphatic rings. The summed E-state index contributed by atoms with van der Waals surface area (Å²) in [4.78, 5) is 18.0. The number of nitrogens with zero attached hydrogens (tertiary/aromatic N) is 3. The molecule has 0 spiro atoms. The first-order chi connectivity index (χ1) is 10.0. The van der Waals surface area contributed by atoms with Crippen LogP contribution in [-0.4, -0.2) is 14.9 Å². The van der Waals surface area contributed by atoms with Gasteiger partial charge in [-0.25, -0.2) is 14.4 Å². The Morgan fingerprint density at radius 3 is 2.86 bits per heavy atom. The fourth-order valence-electron chi connectivity index (χ4n) is 1.75. The minimum atomic E-state index is -0.722. The molecule has 2 rings (SSSR count). The molecule has 0 atom stereocenters. The van der Waals surface area contributed by atoms with E-state index in [9.17, 15) is 14.5 Å². The van der Waals surface area contributed by atoms with Gasteiger partial charge in [0.05, 0.1) is 16.6 Å². The highest BCUT2D eigenvalue weighted by Crippen LogP contribution is 2.34. The lowest BCUT2D eigenvalue weighted by atomic mass is 10.2. The Hall–Kier alpha value is -2.28. The van der Waals surface area contributed by atoms with E-state index >= 15 is 0 Å². The molecule has 0 N–H and O–H groups in total. The molecule has 6 nitrogen and oxygen atoms in total. The molecule has 0 saturated carbocycles. The highest BCUT2D eigenvalue weighted by molar-refractivity contribution is 6.30. The van der Waals surface area contributed by atoms with Crippen LogP contribution in [0.3, 0.4) is 0 Å². The van der Waals surface area contributed by atoms with Crippen molar-refractivity contribution in [1.29, 1.82) is 0 Å². The zero-order valence-electron chi connectivity index (χ0n) is 11.0. The Labute approximate surface area is 124 Å². The number of ether oxygens (including phenoxy) is 1. The number of benzene rings is 1. The van der Waals surface area contributed by atoms with Crippen LogP contribution in [0.25, 0.3) is 0 Å². The smallest absolute Gasteiger partial charge is 0.314 e. The molecule has 0 saturated heterocycles. The Morgan fingerprint density at radius 1 is 1.43 bits per heavy atom. The largest absolute Gasteiger partial charge is 0.431 e. The number of nitro benzene ring substituents is 1. The summed E-state index contributed by atoms with van der Waals surface area (Å²) in [7, 11) is 0. The van der Waals surface area contributed by atoms with Gasteiger partial charge in [0.1, 0.15) is 17.3 Å². The second-order valence-corrected chi connectivity index (χ2v) is 4.53. The number of nitro groups is 1. The molecule has 0 bridgehead atoms. The summed E-state index contributed by atoms with van der Waals surface area (Å²) in [6.45, 7) is 1.94. The van der Waals surface area contributed by atoms with E-state index in [-0.39, 0.29) is 16.8 Å². The molecule has 0 radical (unpaired) electrons. The number of hydrogen-bond donors (Lipinski definition) is 0. The van der Waals surface area contributed by atoms with Crippen LogP contribution in [0.1, 0.15) is 18.9 Å². The van der Waals surface area contributed by atoms with E-state index in [4.69, 9.17) is 16.3 Å². The number of rotatable bonds is 5. The molecule has 0 unspecified atom stereocenters. The quantitative estimate of drug-likeness (QED) is 0.475. The van der Waals surface area contributed by atoms with Crippen LogP contribution >= 0.6 is 11.6 Å². The molecule has 2 aromatic rings. The number of halogens is 2. The van der Waals surface area contributed by atoms with Crippen molar-refractivity contribution >= 4 is 17.3 Å². The van der Waals surface area contributed by atoms with Gasteiger partial charge in [0.25, 0.3) is 0 Å². The van der Waals surface area contributed by atoms with Crippen molar-refractivity contribution in [3.05, 3.63) is 51.2 Å². The third kappa shape index (κ3) is 3.43. The van der Waals surface area contributed by atoms with Crippen molar-refractivity contribution < 1.29 is 14.1 Å². The summed E-state index contributed by atoms with van der Waals surface area (Å²) in [5.74, 6) is -0.691. The molecule has 0 aliphatic carbocycles. The van der Waals surface area contributed by atoms with Gasteiger partial charge >= 0.3 is 5.69 Å². The highest BCUT2D eigenvalue weighted by Gasteiger charge is 2.19. The lowest BCUT2D eigenvalue weighted by Gasteiger charge is -2.10. The Balaban J connectivity index is 2.43. The molecule has 0 aliphatic heterocycles. The zero-order valence-corrected chi connectivity index (χ0v) is 11.8. The molecule has 0 fully saturated rings. The zero-order chi connectivity index (χ0) is 15.4. The van der Waals surface area contributed by atoms with E-state index in [0.29, 0.717) is 12.0 Å². The van der Waals surface area contributed by atoms with E-state index in [1.165, 1.54) is 12.4 Å². The first kappa shape index (κ1) is 15.1. The third-order valence-corrected chi connectivity index (χ3v) is 3.00. The van der Waals surface area contributed by atoms with Crippen molar-refractivity contribution in [3.63, 3.8) is 0 Å². The molecule has 8 heteroatoms. The summed E-state index contributed by atoms with van der Waals surface area (Å²) >= 11 is 5.98. The average molecular weight is 312 g/mol. The molecule has 1 heterocycles. The summed E-state index contributed by atoms with van der Waals surface area (Å²) in [6, 6.07) is 3.04. The van der Waals surface area contributed by atoms with Crippen LogP contribution in [0, 0.1) is 15.9 Å². The number of aromatic nitrogens is 2.